The molecular weight excluding hydrogens is 280 g/mol. The average molecular weight is 295 g/mol. The summed E-state index contributed by atoms with van der Waals surface area (Å²) >= 11 is 3.43. The minimum absolute atomic E-state index is 0.820. The molecule has 0 aliphatic rings. The average Bonchev–Trinajstić information content (AvgIpc) is 2.70. The standard InChI is InChI=1S/C13H15BrN2O/c1-9-3-4-11(17-9)7-8-15-13-6-5-12(14)10(2)16-13/h3-6H,7-8H2,1-2H3,(H,15,16). The molecular formula is C13H15BrN2O. The minimum atomic E-state index is 0.820. The number of pyridine rings is 1. The van der Waals surface area contributed by atoms with Crippen LogP contribution in [-0.2, 0) is 6.42 Å². The molecule has 0 radical (unpaired) electrons. The van der Waals surface area contributed by atoms with E-state index in [2.05, 4.69) is 26.2 Å². The fourth-order valence-electron chi connectivity index (χ4n) is 1.58. The van der Waals surface area contributed by atoms with Crippen molar-refractivity contribution in [3.05, 3.63) is 46.0 Å². The van der Waals surface area contributed by atoms with Crippen molar-refractivity contribution in [3.63, 3.8) is 0 Å². The molecule has 0 saturated carbocycles. The highest BCUT2D eigenvalue weighted by molar-refractivity contribution is 9.10. The van der Waals surface area contributed by atoms with Gasteiger partial charge in [0, 0.05) is 17.4 Å². The van der Waals surface area contributed by atoms with Crippen LogP contribution < -0.4 is 5.32 Å². The van der Waals surface area contributed by atoms with Crippen molar-refractivity contribution in [1.29, 1.82) is 0 Å². The summed E-state index contributed by atoms with van der Waals surface area (Å²) in [7, 11) is 0. The Bertz CT molecular complexity index is 508. The van der Waals surface area contributed by atoms with Crippen molar-refractivity contribution in [1.82, 2.24) is 4.98 Å². The second kappa shape index (κ2) is 5.36. The molecule has 2 aromatic rings. The van der Waals surface area contributed by atoms with Crippen LogP contribution in [0.1, 0.15) is 17.2 Å². The number of aryl methyl sites for hydroxylation is 2. The van der Waals surface area contributed by atoms with Crippen LogP contribution in [0.3, 0.4) is 0 Å². The molecule has 0 unspecified atom stereocenters. The van der Waals surface area contributed by atoms with E-state index in [4.69, 9.17) is 4.42 Å². The first-order valence-electron chi connectivity index (χ1n) is 5.57. The topological polar surface area (TPSA) is 38.1 Å². The Morgan fingerprint density at radius 1 is 1.24 bits per heavy atom. The number of furan rings is 1. The highest BCUT2D eigenvalue weighted by Gasteiger charge is 2.00. The van der Waals surface area contributed by atoms with E-state index in [1.807, 2.05) is 38.1 Å². The van der Waals surface area contributed by atoms with Gasteiger partial charge in [0.05, 0.1) is 5.69 Å². The van der Waals surface area contributed by atoms with Crippen molar-refractivity contribution >= 4 is 21.7 Å². The molecule has 2 rings (SSSR count). The summed E-state index contributed by atoms with van der Waals surface area (Å²) in [6, 6.07) is 7.96. The van der Waals surface area contributed by atoms with Gasteiger partial charge >= 0.3 is 0 Å². The van der Waals surface area contributed by atoms with Gasteiger partial charge in [-0.25, -0.2) is 4.98 Å². The summed E-state index contributed by atoms with van der Waals surface area (Å²) < 4.78 is 6.53. The molecule has 0 spiro atoms. The third kappa shape index (κ3) is 3.33. The van der Waals surface area contributed by atoms with E-state index in [1.165, 1.54) is 0 Å². The lowest BCUT2D eigenvalue weighted by atomic mass is 10.3. The number of halogens is 1. The smallest absolute Gasteiger partial charge is 0.126 e. The maximum atomic E-state index is 5.50. The molecule has 0 bridgehead atoms. The summed E-state index contributed by atoms with van der Waals surface area (Å²) in [4.78, 5) is 4.42. The predicted octanol–water partition coefficient (Wildman–Crippen LogP) is 3.71. The number of rotatable bonds is 4. The van der Waals surface area contributed by atoms with Crippen LogP contribution in [0.4, 0.5) is 5.82 Å². The molecule has 0 saturated heterocycles. The van der Waals surface area contributed by atoms with Gasteiger partial charge in [0.2, 0.25) is 0 Å². The fourth-order valence-corrected chi connectivity index (χ4v) is 1.80. The van der Waals surface area contributed by atoms with E-state index in [-0.39, 0.29) is 0 Å². The first kappa shape index (κ1) is 12.2. The molecule has 0 aliphatic heterocycles. The lowest BCUT2D eigenvalue weighted by Gasteiger charge is -2.06. The van der Waals surface area contributed by atoms with Gasteiger partial charge in [-0.05, 0) is 54.0 Å². The van der Waals surface area contributed by atoms with Gasteiger partial charge in [-0.2, -0.15) is 0 Å². The molecule has 0 fully saturated rings. The molecule has 4 heteroatoms. The summed E-state index contributed by atoms with van der Waals surface area (Å²) in [5, 5.41) is 3.28. The predicted molar refractivity (Wildman–Crippen MR) is 72.3 cm³/mol. The summed E-state index contributed by atoms with van der Waals surface area (Å²) in [6.07, 6.45) is 0.866. The van der Waals surface area contributed by atoms with Crippen LogP contribution in [0.2, 0.25) is 0 Å². The van der Waals surface area contributed by atoms with Crippen LogP contribution in [0, 0.1) is 13.8 Å². The molecule has 0 aliphatic carbocycles. The largest absolute Gasteiger partial charge is 0.466 e. The van der Waals surface area contributed by atoms with Crippen molar-refractivity contribution in [2.75, 3.05) is 11.9 Å². The van der Waals surface area contributed by atoms with E-state index >= 15 is 0 Å². The number of anilines is 1. The van der Waals surface area contributed by atoms with E-state index in [1.54, 1.807) is 0 Å². The van der Waals surface area contributed by atoms with Crippen LogP contribution in [0.5, 0.6) is 0 Å². The van der Waals surface area contributed by atoms with E-state index in [9.17, 15) is 0 Å². The molecule has 2 heterocycles. The van der Waals surface area contributed by atoms with Crippen molar-refractivity contribution < 1.29 is 4.42 Å². The van der Waals surface area contributed by atoms with Gasteiger partial charge in [0.25, 0.3) is 0 Å². The van der Waals surface area contributed by atoms with Crippen LogP contribution >= 0.6 is 15.9 Å². The van der Waals surface area contributed by atoms with Crippen LogP contribution in [0.15, 0.2) is 33.2 Å². The number of hydrogen-bond donors (Lipinski definition) is 1. The maximum absolute atomic E-state index is 5.50. The first-order chi connectivity index (χ1) is 8.15. The Morgan fingerprint density at radius 2 is 2.06 bits per heavy atom. The highest BCUT2D eigenvalue weighted by atomic mass is 79.9. The van der Waals surface area contributed by atoms with E-state index in [0.717, 1.165) is 40.5 Å². The molecule has 0 atom stereocenters. The van der Waals surface area contributed by atoms with Gasteiger partial charge in [0.1, 0.15) is 17.3 Å². The summed E-state index contributed by atoms with van der Waals surface area (Å²) in [5.74, 6) is 2.86. The molecule has 17 heavy (non-hydrogen) atoms. The second-order valence-corrected chi connectivity index (χ2v) is 4.81. The summed E-state index contributed by atoms with van der Waals surface area (Å²) in [5.41, 5.74) is 0.990. The zero-order valence-electron chi connectivity index (χ0n) is 9.96. The lowest BCUT2D eigenvalue weighted by Crippen LogP contribution is -2.06. The Hall–Kier alpha value is -1.29. The maximum Gasteiger partial charge on any atom is 0.126 e. The SMILES string of the molecule is Cc1ccc(CCNc2ccc(Br)c(C)n2)o1. The van der Waals surface area contributed by atoms with Gasteiger partial charge in [-0.1, -0.05) is 0 Å². The van der Waals surface area contributed by atoms with Gasteiger partial charge in [-0.3, -0.25) is 0 Å². The monoisotopic (exact) mass is 294 g/mol. The Kier molecular flexibility index (Phi) is 3.84. The van der Waals surface area contributed by atoms with Crippen LogP contribution in [-0.4, -0.2) is 11.5 Å². The summed E-state index contributed by atoms with van der Waals surface area (Å²) in [6.45, 7) is 4.75. The Morgan fingerprint density at radius 3 is 2.71 bits per heavy atom. The van der Waals surface area contributed by atoms with Gasteiger partial charge in [-0.15, -0.1) is 0 Å². The molecule has 3 nitrogen and oxygen atoms in total. The molecule has 0 aromatic carbocycles. The second-order valence-electron chi connectivity index (χ2n) is 3.95. The van der Waals surface area contributed by atoms with Crippen molar-refractivity contribution in [3.8, 4) is 0 Å². The zero-order chi connectivity index (χ0) is 12.3. The number of aromatic nitrogens is 1. The zero-order valence-corrected chi connectivity index (χ0v) is 11.5. The van der Waals surface area contributed by atoms with Crippen LogP contribution in [0.25, 0.3) is 0 Å². The van der Waals surface area contributed by atoms with Crippen molar-refractivity contribution in [2.45, 2.75) is 20.3 Å². The highest BCUT2D eigenvalue weighted by Crippen LogP contribution is 2.16. The Balaban J connectivity index is 1.87. The Labute approximate surface area is 109 Å². The molecule has 90 valence electrons. The molecule has 2 aromatic heterocycles. The molecule has 0 amide bonds. The number of nitrogens with zero attached hydrogens (tertiary/aromatic N) is 1. The quantitative estimate of drug-likeness (QED) is 0.934. The van der Waals surface area contributed by atoms with E-state index < -0.39 is 0 Å². The van der Waals surface area contributed by atoms with Gasteiger partial charge in [0.15, 0.2) is 0 Å². The third-order valence-corrected chi connectivity index (χ3v) is 3.33. The lowest BCUT2D eigenvalue weighted by molar-refractivity contribution is 0.486. The van der Waals surface area contributed by atoms with E-state index in [0.29, 0.717) is 0 Å². The first-order valence-corrected chi connectivity index (χ1v) is 6.37. The molecule has 1 N–H and O–H groups in total. The number of nitrogens with one attached hydrogen (secondary N) is 1. The fraction of sp³-hybridized carbons (Fsp3) is 0.308. The normalized spacial score (nSPS) is 10.5. The van der Waals surface area contributed by atoms with Gasteiger partial charge < -0.3 is 9.73 Å². The minimum Gasteiger partial charge on any atom is -0.466 e. The third-order valence-electron chi connectivity index (χ3n) is 2.49. The number of hydrogen-bond acceptors (Lipinski definition) is 3. The van der Waals surface area contributed by atoms with Crippen molar-refractivity contribution in [2.24, 2.45) is 0 Å².